The van der Waals surface area contributed by atoms with Crippen LogP contribution in [0.15, 0.2) is 0 Å². The van der Waals surface area contributed by atoms with E-state index in [2.05, 4.69) is 14.1 Å². The van der Waals surface area contributed by atoms with Crippen molar-refractivity contribution in [1.29, 1.82) is 0 Å². The minimum Gasteiger partial charge on any atom is -0.328 e. The predicted molar refractivity (Wildman–Crippen MR) is 46.7 cm³/mol. The van der Waals surface area contributed by atoms with Crippen LogP contribution in [0.4, 0.5) is 4.39 Å². The lowest BCUT2D eigenvalue weighted by Crippen LogP contribution is -2.40. The van der Waals surface area contributed by atoms with Crippen molar-refractivity contribution in [3.63, 3.8) is 0 Å². The highest BCUT2D eigenvalue weighted by atomic mass is 127. The zero-order chi connectivity index (χ0) is 7.57. The van der Waals surface area contributed by atoms with E-state index in [1.54, 1.807) is 0 Å². The molecule has 1 aliphatic heterocycles. The minimum atomic E-state index is -0.828. The number of piperidine rings is 1. The van der Waals surface area contributed by atoms with Gasteiger partial charge in [-0.05, 0) is 22.6 Å². The standard InChI is InChI=1S/C7H12FIN/c1-10(2)3-5-6(4-10)7(5,8)9/h5-6H,3-4H2,1-2H3/q+1. The van der Waals surface area contributed by atoms with E-state index in [0.717, 1.165) is 17.6 Å². The van der Waals surface area contributed by atoms with Gasteiger partial charge in [0.05, 0.1) is 39.0 Å². The van der Waals surface area contributed by atoms with E-state index in [1.807, 2.05) is 22.6 Å². The van der Waals surface area contributed by atoms with Crippen molar-refractivity contribution < 1.29 is 8.87 Å². The van der Waals surface area contributed by atoms with Gasteiger partial charge in [0.15, 0.2) is 3.68 Å². The van der Waals surface area contributed by atoms with Crippen LogP contribution in [0, 0.1) is 11.8 Å². The van der Waals surface area contributed by atoms with Gasteiger partial charge < -0.3 is 4.48 Å². The van der Waals surface area contributed by atoms with Crippen LogP contribution in [0.25, 0.3) is 0 Å². The van der Waals surface area contributed by atoms with Gasteiger partial charge in [-0.3, -0.25) is 0 Å². The first kappa shape index (κ1) is 7.28. The maximum Gasteiger partial charge on any atom is 0.178 e. The predicted octanol–water partition coefficient (Wildman–Crippen LogP) is 1.42. The molecule has 2 fully saturated rings. The molecule has 58 valence electrons. The summed E-state index contributed by atoms with van der Waals surface area (Å²) in [6.07, 6.45) is 0. The molecule has 0 radical (unpaired) electrons. The molecular weight excluding hydrogens is 244 g/mol. The molecule has 0 N–H and O–H groups in total. The Morgan fingerprint density at radius 1 is 1.40 bits per heavy atom. The van der Waals surface area contributed by atoms with E-state index in [4.69, 9.17) is 0 Å². The van der Waals surface area contributed by atoms with Gasteiger partial charge in [0.2, 0.25) is 0 Å². The fourth-order valence-electron chi connectivity index (χ4n) is 2.10. The first-order valence-electron chi connectivity index (χ1n) is 3.63. The average Bonchev–Trinajstić information content (AvgIpc) is 2.24. The number of halogens is 2. The van der Waals surface area contributed by atoms with Crippen molar-refractivity contribution in [1.82, 2.24) is 0 Å². The van der Waals surface area contributed by atoms with E-state index >= 15 is 0 Å². The molecule has 0 spiro atoms. The summed E-state index contributed by atoms with van der Waals surface area (Å²) >= 11 is 1.97. The Kier molecular flexibility index (Phi) is 1.22. The molecule has 1 saturated carbocycles. The highest BCUT2D eigenvalue weighted by Gasteiger charge is 2.72. The van der Waals surface area contributed by atoms with Crippen molar-refractivity contribution in [3.05, 3.63) is 0 Å². The fraction of sp³-hybridized carbons (Fsp3) is 1.00. The van der Waals surface area contributed by atoms with Crippen LogP contribution in [0.2, 0.25) is 0 Å². The lowest BCUT2D eigenvalue weighted by Gasteiger charge is -2.26. The number of hydrogen-bond donors (Lipinski definition) is 0. The molecule has 1 saturated heterocycles. The molecule has 2 rings (SSSR count). The van der Waals surface area contributed by atoms with Gasteiger partial charge in [-0.1, -0.05) is 0 Å². The number of fused-ring (bicyclic) bond motifs is 1. The number of rotatable bonds is 0. The summed E-state index contributed by atoms with van der Waals surface area (Å²) in [6.45, 7) is 2.06. The van der Waals surface area contributed by atoms with Crippen molar-refractivity contribution in [2.24, 2.45) is 11.8 Å². The topological polar surface area (TPSA) is 0 Å². The van der Waals surface area contributed by atoms with Gasteiger partial charge in [0.25, 0.3) is 0 Å². The Balaban J connectivity index is 2.09. The van der Waals surface area contributed by atoms with Crippen LogP contribution in [0.5, 0.6) is 0 Å². The number of likely N-dealkylation sites (tertiary alicyclic amines) is 1. The molecule has 0 amide bonds. The molecule has 2 unspecified atom stereocenters. The van der Waals surface area contributed by atoms with Gasteiger partial charge in [-0.25, -0.2) is 4.39 Å². The van der Waals surface area contributed by atoms with Crippen LogP contribution in [0.3, 0.4) is 0 Å². The number of hydrogen-bond acceptors (Lipinski definition) is 0. The minimum absolute atomic E-state index is 0.364. The largest absolute Gasteiger partial charge is 0.328 e. The third kappa shape index (κ3) is 0.826. The highest BCUT2D eigenvalue weighted by molar-refractivity contribution is 14.1. The molecule has 10 heavy (non-hydrogen) atoms. The van der Waals surface area contributed by atoms with Crippen molar-refractivity contribution in [3.8, 4) is 0 Å². The van der Waals surface area contributed by atoms with Crippen LogP contribution >= 0.6 is 22.6 Å². The maximum atomic E-state index is 13.2. The quantitative estimate of drug-likeness (QED) is 0.349. The molecule has 1 nitrogen and oxygen atoms in total. The first-order chi connectivity index (χ1) is 4.43. The molecule has 0 bridgehead atoms. The third-order valence-electron chi connectivity index (χ3n) is 2.75. The van der Waals surface area contributed by atoms with E-state index in [-0.39, 0.29) is 0 Å². The Hall–Kier alpha value is 0.620. The molecule has 3 heteroatoms. The second-order valence-corrected chi connectivity index (χ2v) is 5.84. The highest BCUT2D eigenvalue weighted by Crippen LogP contribution is 2.63. The Morgan fingerprint density at radius 2 is 1.80 bits per heavy atom. The van der Waals surface area contributed by atoms with Crippen LogP contribution in [0.1, 0.15) is 0 Å². The summed E-state index contributed by atoms with van der Waals surface area (Å²) in [5.74, 6) is 0.728. The van der Waals surface area contributed by atoms with Crippen LogP contribution in [-0.4, -0.2) is 35.3 Å². The smallest absolute Gasteiger partial charge is 0.178 e. The van der Waals surface area contributed by atoms with Crippen LogP contribution in [-0.2, 0) is 0 Å². The molecular formula is C7H12FIN+. The second-order valence-electron chi connectivity index (χ2n) is 4.19. The lowest BCUT2D eigenvalue weighted by atomic mass is 10.4. The first-order valence-corrected chi connectivity index (χ1v) is 4.71. The summed E-state index contributed by atoms with van der Waals surface area (Å²) in [5.41, 5.74) is 0. The summed E-state index contributed by atoms with van der Waals surface area (Å²) in [5, 5.41) is 0. The third-order valence-corrected chi connectivity index (χ3v) is 4.35. The Morgan fingerprint density at radius 3 is 2.10 bits per heavy atom. The molecule has 2 aliphatic rings. The molecule has 1 aliphatic carbocycles. The zero-order valence-corrected chi connectivity index (χ0v) is 8.43. The molecule has 0 aromatic rings. The average molecular weight is 256 g/mol. The fourth-order valence-corrected chi connectivity index (χ4v) is 3.18. The van der Waals surface area contributed by atoms with E-state index in [9.17, 15) is 4.39 Å². The van der Waals surface area contributed by atoms with Gasteiger partial charge in [-0.15, -0.1) is 0 Å². The van der Waals surface area contributed by atoms with Crippen molar-refractivity contribution >= 4 is 22.6 Å². The van der Waals surface area contributed by atoms with E-state index in [0.29, 0.717) is 11.8 Å². The van der Waals surface area contributed by atoms with Gasteiger partial charge in [0.1, 0.15) is 0 Å². The van der Waals surface area contributed by atoms with E-state index < -0.39 is 3.68 Å². The molecule has 0 aromatic carbocycles. The normalized spacial score (nSPS) is 56.4. The van der Waals surface area contributed by atoms with Crippen molar-refractivity contribution in [2.45, 2.75) is 3.68 Å². The van der Waals surface area contributed by atoms with Gasteiger partial charge in [-0.2, -0.15) is 0 Å². The number of alkyl halides is 2. The second kappa shape index (κ2) is 1.68. The summed E-state index contributed by atoms with van der Waals surface area (Å²) in [4.78, 5) is 0. The summed E-state index contributed by atoms with van der Waals surface area (Å²) in [7, 11) is 4.36. The number of nitrogens with zero attached hydrogens (tertiary/aromatic N) is 1. The molecule has 0 aromatic heterocycles. The van der Waals surface area contributed by atoms with Gasteiger partial charge >= 0.3 is 0 Å². The monoisotopic (exact) mass is 256 g/mol. The van der Waals surface area contributed by atoms with Gasteiger partial charge in [0, 0.05) is 0 Å². The Labute approximate surface area is 74.3 Å². The number of quaternary nitrogens is 1. The SMILES string of the molecule is C[N+]1(C)CC2C(C1)C2(F)I. The summed E-state index contributed by atoms with van der Waals surface area (Å²) < 4.78 is 13.4. The van der Waals surface area contributed by atoms with Crippen molar-refractivity contribution in [2.75, 3.05) is 27.2 Å². The van der Waals surface area contributed by atoms with E-state index in [1.165, 1.54) is 0 Å². The summed E-state index contributed by atoms with van der Waals surface area (Å²) in [6, 6.07) is 0. The molecule has 2 atom stereocenters. The lowest BCUT2D eigenvalue weighted by molar-refractivity contribution is -0.883. The Bertz CT molecular complexity index is 160. The maximum absolute atomic E-state index is 13.2. The zero-order valence-electron chi connectivity index (χ0n) is 6.27. The van der Waals surface area contributed by atoms with Crippen LogP contribution < -0.4 is 0 Å². The molecule has 1 heterocycles.